The predicted molar refractivity (Wildman–Crippen MR) is 116 cm³/mol. The lowest BCUT2D eigenvalue weighted by molar-refractivity contribution is -0.577. The first-order chi connectivity index (χ1) is 14.7. The summed E-state index contributed by atoms with van der Waals surface area (Å²) in [7, 11) is -4.25. The monoisotopic (exact) mass is 473 g/mol. The zero-order chi connectivity index (χ0) is 22.3. The summed E-state index contributed by atoms with van der Waals surface area (Å²) < 4.78 is 29.9. The van der Waals surface area contributed by atoms with Crippen LogP contribution in [0.2, 0.25) is 10.0 Å². The first-order valence-corrected chi connectivity index (χ1v) is 11.3. The number of halogens is 2. The molecule has 9 heteroatoms. The first-order valence-electron chi connectivity index (χ1n) is 9.08. The third kappa shape index (κ3) is 3.87. The molecule has 1 aliphatic rings. The van der Waals surface area contributed by atoms with Crippen LogP contribution in [0.3, 0.4) is 0 Å². The van der Waals surface area contributed by atoms with Crippen molar-refractivity contribution < 1.29 is 22.6 Å². The number of nitrogens with one attached hydrogen (secondary N) is 1. The molecule has 1 aromatic heterocycles. The molecule has 0 spiro atoms. The smallest absolute Gasteiger partial charge is 0.287 e. The summed E-state index contributed by atoms with van der Waals surface area (Å²) in [4.78, 5) is 26.4. The number of carbonyl (C=O) groups is 2. The van der Waals surface area contributed by atoms with Gasteiger partial charge >= 0.3 is 0 Å². The predicted octanol–water partition coefficient (Wildman–Crippen LogP) is 3.82. The van der Waals surface area contributed by atoms with Gasteiger partial charge in [0.1, 0.15) is 0 Å². The standard InChI is InChI=1S/C22H14Cl2N2O4S/c1-13-5-4-10-26(12-13)20-19(21(27)15-6-2-3-7-16(15)22(20)28)25-31(29,30)14-8-9-17(23)18(24)11-14/h2-12H,1H3/p+1. The molecule has 1 heterocycles. The van der Waals surface area contributed by atoms with E-state index in [4.69, 9.17) is 23.2 Å². The molecule has 0 saturated heterocycles. The Bertz CT molecular complexity index is 1400. The highest BCUT2D eigenvalue weighted by molar-refractivity contribution is 7.89. The minimum absolute atomic E-state index is 0.0446. The molecule has 0 aliphatic heterocycles. The molecule has 0 radical (unpaired) electrons. The molecule has 0 saturated carbocycles. The van der Waals surface area contributed by atoms with Crippen LogP contribution >= 0.6 is 23.2 Å². The number of aromatic nitrogens is 1. The molecule has 0 unspecified atom stereocenters. The van der Waals surface area contributed by atoms with Crippen LogP contribution in [0.15, 0.2) is 77.6 Å². The van der Waals surface area contributed by atoms with Crippen molar-refractivity contribution in [3.8, 4) is 0 Å². The average Bonchev–Trinajstić information content (AvgIpc) is 2.73. The van der Waals surface area contributed by atoms with E-state index in [0.29, 0.717) is 0 Å². The van der Waals surface area contributed by atoms with Gasteiger partial charge in [0.2, 0.25) is 5.78 Å². The lowest BCUT2D eigenvalue weighted by Gasteiger charge is -2.18. The maximum atomic E-state index is 13.3. The third-order valence-corrected chi connectivity index (χ3v) is 6.83. The van der Waals surface area contributed by atoms with Crippen LogP contribution in [0.25, 0.3) is 5.70 Å². The van der Waals surface area contributed by atoms with E-state index < -0.39 is 21.6 Å². The van der Waals surface area contributed by atoms with Crippen LogP contribution in [0.4, 0.5) is 0 Å². The van der Waals surface area contributed by atoms with Gasteiger partial charge in [-0.2, -0.15) is 4.57 Å². The summed E-state index contributed by atoms with van der Waals surface area (Å²) in [6, 6.07) is 13.6. The van der Waals surface area contributed by atoms with E-state index >= 15 is 0 Å². The normalized spacial score (nSPS) is 13.9. The highest BCUT2D eigenvalue weighted by Crippen LogP contribution is 2.28. The van der Waals surface area contributed by atoms with E-state index in [1.54, 1.807) is 30.6 Å². The average molecular weight is 474 g/mol. The van der Waals surface area contributed by atoms with Crippen molar-refractivity contribution in [3.05, 3.63) is 99.4 Å². The number of rotatable bonds is 4. The largest absolute Gasteiger partial charge is 0.287 e. The molecule has 0 fully saturated rings. The first kappa shape index (κ1) is 21.2. The van der Waals surface area contributed by atoms with Crippen LogP contribution in [0, 0.1) is 6.92 Å². The van der Waals surface area contributed by atoms with Crippen LogP contribution in [0.5, 0.6) is 0 Å². The van der Waals surface area contributed by atoms with Gasteiger partial charge in [0.05, 0.1) is 14.9 Å². The Morgan fingerprint density at radius 3 is 2.19 bits per heavy atom. The molecular formula is C22H15Cl2N2O4S+. The number of carbonyl (C=O) groups excluding carboxylic acids is 2. The second-order valence-electron chi connectivity index (χ2n) is 6.90. The number of fused-ring (bicyclic) bond motifs is 1. The number of allylic oxidation sites excluding steroid dienone is 2. The van der Waals surface area contributed by atoms with Crippen molar-refractivity contribution in [1.82, 2.24) is 4.72 Å². The van der Waals surface area contributed by atoms with Gasteiger partial charge in [-0.15, -0.1) is 0 Å². The molecule has 156 valence electrons. The lowest BCUT2D eigenvalue weighted by Crippen LogP contribution is -2.44. The van der Waals surface area contributed by atoms with Crippen molar-refractivity contribution >= 4 is 50.5 Å². The van der Waals surface area contributed by atoms with Gasteiger partial charge < -0.3 is 0 Å². The molecule has 0 bridgehead atoms. The lowest BCUT2D eigenvalue weighted by atomic mass is 9.90. The van der Waals surface area contributed by atoms with Crippen LogP contribution in [-0.2, 0) is 10.0 Å². The summed E-state index contributed by atoms with van der Waals surface area (Å²) in [6.07, 6.45) is 3.22. The number of pyridine rings is 1. The van der Waals surface area contributed by atoms with E-state index in [-0.39, 0.29) is 37.5 Å². The highest BCUT2D eigenvalue weighted by Gasteiger charge is 2.40. The Morgan fingerprint density at radius 2 is 1.55 bits per heavy atom. The Morgan fingerprint density at radius 1 is 0.871 bits per heavy atom. The van der Waals surface area contributed by atoms with E-state index in [2.05, 4.69) is 4.72 Å². The van der Waals surface area contributed by atoms with Crippen LogP contribution in [-0.4, -0.2) is 20.0 Å². The summed E-state index contributed by atoms with van der Waals surface area (Å²) in [5, 5.41) is 0.233. The summed E-state index contributed by atoms with van der Waals surface area (Å²) in [5.41, 5.74) is 0.715. The molecule has 1 aliphatic carbocycles. The fraction of sp³-hybridized carbons (Fsp3) is 0.0455. The summed E-state index contributed by atoms with van der Waals surface area (Å²) in [5.74, 6) is -1.08. The Kier molecular flexibility index (Phi) is 5.43. The van der Waals surface area contributed by atoms with E-state index in [0.717, 1.165) is 5.56 Å². The Hall–Kier alpha value is -3.00. The number of aryl methyl sites for hydroxylation is 1. The maximum Gasteiger partial charge on any atom is 0.287 e. The number of benzene rings is 2. The fourth-order valence-corrected chi connectivity index (χ4v) is 4.73. The van der Waals surface area contributed by atoms with Gasteiger partial charge in [-0.3, -0.25) is 14.3 Å². The van der Waals surface area contributed by atoms with E-state index in [9.17, 15) is 18.0 Å². The van der Waals surface area contributed by atoms with Crippen molar-refractivity contribution in [2.24, 2.45) is 0 Å². The van der Waals surface area contributed by atoms with Gasteiger partial charge in [0.15, 0.2) is 18.1 Å². The van der Waals surface area contributed by atoms with Crippen LogP contribution < -0.4 is 9.29 Å². The maximum absolute atomic E-state index is 13.3. The zero-order valence-electron chi connectivity index (χ0n) is 16.1. The Balaban J connectivity index is 1.92. The van der Waals surface area contributed by atoms with Gasteiger partial charge in [-0.05, 0) is 31.2 Å². The quantitative estimate of drug-likeness (QED) is 0.583. The van der Waals surface area contributed by atoms with E-state index in [1.165, 1.54) is 34.9 Å². The number of nitrogens with zero attached hydrogens (tertiary/aromatic N) is 1. The minimum atomic E-state index is -4.25. The van der Waals surface area contributed by atoms with Crippen molar-refractivity contribution in [2.75, 3.05) is 0 Å². The summed E-state index contributed by atoms with van der Waals surface area (Å²) in [6.45, 7) is 1.82. The van der Waals surface area contributed by atoms with E-state index in [1.807, 2.05) is 13.0 Å². The molecule has 4 rings (SSSR count). The van der Waals surface area contributed by atoms with Crippen molar-refractivity contribution in [1.29, 1.82) is 0 Å². The fourth-order valence-electron chi connectivity index (χ4n) is 3.27. The minimum Gasteiger partial charge on any atom is -0.287 e. The molecule has 3 aromatic rings. The second kappa shape index (κ2) is 7.92. The van der Waals surface area contributed by atoms with Crippen LogP contribution in [0.1, 0.15) is 26.3 Å². The molecule has 1 N–H and O–H groups in total. The van der Waals surface area contributed by atoms with Crippen molar-refractivity contribution in [3.63, 3.8) is 0 Å². The van der Waals surface area contributed by atoms with Crippen molar-refractivity contribution in [2.45, 2.75) is 11.8 Å². The third-order valence-electron chi connectivity index (χ3n) is 4.74. The number of ketones is 2. The molecular weight excluding hydrogens is 459 g/mol. The molecule has 2 aromatic carbocycles. The molecule has 0 atom stereocenters. The van der Waals surface area contributed by atoms with Gasteiger partial charge in [0.25, 0.3) is 21.5 Å². The van der Waals surface area contributed by atoms with Gasteiger partial charge in [-0.25, -0.2) is 8.42 Å². The number of Topliss-reactive ketones (excluding diaryl/α,β-unsaturated/α-hetero) is 2. The summed E-state index contributed by atoms with van der Waals surface area (Å²) >= 11 is 11.8. The topological polar surface area (TPSA) is 84.2 Å². The Labute approximate surface area is 188 Å². The SMILES string of the molecule is Cc1ccc[n+](C2=C(NS(=O)(=O)c3ccc(Cl)c(Cl)c3)C(=O)c3ccccc3C2=O)c1. The van der Waals surface area contributed by atoms with Gasteiger partial charge in [0, 0.05) is 22.8 Å². The number of hydrogen-bond acceptors (Lipinski definition) is 4. The molecule has 0 amide bonds. The zero-order valence-corrected chi connectivity index (χ0v) is 18.4. The number of sulfonamides is 1. The molecule has 6 nitrogen and oxygen atoms in total. The van der Waals surface area contributed by atoms with Gasteiger partial charge in [-0.1, -0.05) is 47.5 Å². The highest BCUT2D eigenvalue weighted by atomic mass is 35.5. The number of hydrogen-bond donors (Lipinski definition) is 1. The molecule has 31 heavy (non-hydrogen) atoms. The second-order valence-corrected chi connectivity index (χ2v) is 9.39.